The van der Waals surface area contributed by atoms with Crippen molar-refractivity contribution in [3.63, 3.8) is 0 Å². The largest absolute Gasteiger partial charge is 0.364 e. The summed E-state index contributed by atoms with van der Waals surface area (Å²) in [6.07, 6.45) is 3.70. The van der Waals surface area contributed by atoms with Crippen LogP contribution in [0.2, 0.25) is 0 Å². The number of anilines is 1. The Hall–Kier alpha value is -3.48. The van der Waals surface area contributed by atoms with Gasteiger partial charge in [-0.2, -0.15) is 0 Å². The monoisotopic (exact) mass is 373 g/mol. The molecule has 2 aliphatic rings. The van der Waals surface area contributed by atoms with Gasteiger partial charge < -0.3 is 15.6 Å². The SMILES string of the molecule is CC1=CCC2CNC(=O)c3cc([nH]c32)-c2cccc3nc(C=O)c(nc23)NC1. The first kappa shape index (κ1) is 16.7. The Balaban J connectivity index is 1.80. The van der Waals surface area contributed by atoms with Gasteiger partial charge in [0.05, 0.1) is 11.1 Å². The van der Waals surface area contributed by atoms with Crippen molar-refractivity contribution in [2.75, 3.05) is 18.4 Å². The summed E-state index contributed by atoms with van der Waals surface area (Å²) in [6, 6.07) is 7.56. The summed E-state index contributed by atoms with van der Waals surface area (Å²) in [5.74, 6) is 0.602. The number of amides is 1. The van der Waals surface area contributed by atoms with Crippen LogP contribution in [0.4, 0.5) is 5.82 Å². The van der Waals surface area contributed by atoms with E-state index in [4.69, 9.17) is 4.98 Å². The third kappa shape index (κ3) is 2.58. The fraction of sp³-hybridized carbons (Fsp3) is 0.238. The molecular weight excluding hydrogens is 354 g/mol. The standard InChI is InChI=1S/C21H19N5O2/c1-11-5-6-12-9-23-21(28)14-7-16(25-18(12)14)13-3-2-4-15-19(13)26-20(22-8-11)17(10-27)24-15/h2-5,7,10,12,25H,6,8-9H2,1H3,(H,22,26)(H,23,28). The molecule has 5 rings (SSSR count). The summed E-state index contributed by atoms with van der Waals surface area (Å²) in [4.78, 5) is 36.6. The molecule has 0 saturated carbocycles. The van der Waals surface area contributed by atoms with E-state index < -0.39 is 0 Å². The number of carbonyl (C=O) groups excluding carboxylic acids is 2. The third-order valence-electron chi connectivity index (χ3n) is 5.42. The lowest BCUT2D eigenvalue weighted by Crippen LogP contribution is -2.34. The summed E-state index contributed by atoms with van der Waals surface area (Å²) in [6.45, 7) is 3.22. The number of nitrogens with one attached hydrogen (secondary N) is 3. The van der Waals surface area contributed by atoms with Crippen molar-refractivity contribution in [3.8, 4) is 11.3 Å². The molecule has 1 unspecified atom stereocenters. The van der Waals surface area contributed by atoms with Gasteiger partial charge in [-0.1, -0.05) is 23.8 Å². The van der Waals surface area contributed by atoms with Crippen LogP contribution in [0.1, 0.15) is 45.8 Å². The lowest BCUT2D eigenvalue weighted by Gasteiger charge is -2.22. The van der Waals surface area contributed by atoms with Crippen molar-refractivity contribution >= 4 is 29.0 Å². The molecule has 4 bridgehead atoms. The average Bonchev–Trinajstić information content (AvgIpc) is 3.16. The van der Waals surface area contributed by atoms with Gasteiger partial charge in [-0.3, -0.25) is 9.59 Å². The number of para-hydroxylation sites is 1. The molecular formula is C21H19N5O2. The van der Waals surface area contributed by atoms with Crippen molar-refractivity contribution in [3.05, 3.63) is 52.9 Å². The molecule has 0 saturated heterocycles. The van der Waals surface area contributed by atoms with Crippen molar-refractivity contribution in [2.24, 2.45) is 0 Å². The van der Waals surface area contributed by atoms with Crippen LogP contribution in [0, 0.1) is 0 Å². The van der Waals surface area contributed by atoms with E-state index in [2.05, 4.69) is 26.7 Å². The second-order valence-electron chi connectivity index (χ2n) is 7.31. The predicted octanol–water partition coefficient (Wildman–Crippen LogP) is 3.03. The van der Waals surface area contributed by atoms with Crippen LogP contribution in [-0.2, 0) is 0 Å². The lowest BCUT2D eigenvalue weighted by molar-refractivity contribution is 0.0939. The Labute approximate surface area is 161 Å². The number of hydrogen-bond donors (Lipinski definition) is 3. The van der Waals surface area contributed by atoms with Crippen LogP contribution in [0.25, 0.3) is 22.3 Å². The molecule has 0 spiro atoms. The fourth-order valence-electron chi connectivity index (χ4n) is 3.90. The molecule has 3 aromatic rings. The maximum absolute atomic E-state index is 12.4. The molecule has 2 aromatic heterocycles. The molecule has 1 amide bonds. The number of aldehydes is 1. The molecule has 4 heterocycles. The highest BCUT2D eigenvalue weighted by atomic mass is 16.1. The highest BCUT2D eigenvalue weighted by molar-refractivity contribution is 6.00. The summed E-state index contributed by atoms with van der Waals surface area (Å²) >= 11 is 0. The Morgan fingerprint density at radius 3 is 2.93 bits per heavy atom. The summed E-state index contributed by atoms with van der Waals surface area (Å²) in [5.41, 5.74) is 6.09. The predicted molar refractivity (Wildman–Crippen MR) is 107 cm³/mol. The fourth-order valence-corrected chi connectivity index (χ4v) is 3.90. The van der Waals surface area contributed by atoms with Gasteiger partial charge in [0.2, 0.25) is 0 Å². The zero-order chi connectivity index (χ0) is 19.3. The zero-order valence-electron chi connectivity index (χ0n) is 15.4. The minimum atomic E-state index is -0.0570. The number of aromatic amines is 1. The quantitative estimate of drug-likeness (QED) is 0.450. The average molecular weight is 373 g/mol. The van der Waals surface area contributed by atoms with E-state index in [0.29, 0.717) is 41.2 Å². The molecule has 0 aliphatic carbocycles. The van der Waals surface area contributed by atoms with Gasteiger partial charge in [0.15, 0.2) is 12.1 Å². The van der Waals surface area contributed by atoms with E-state index in [-0.39, 0.29) is 11.8 Å². The molecule has 1 aromatic carbocycles. The number of allylic oxidation sites excluding steroid dienone is 1. The molecule has 3 N–H and O–H groups in total. The van der Waals surface area contributed by atoms with E-state index in [1.165, 1.54) is 0 Å². The summed E-state index contributed by atoms with van der Waals surface area (Å²) in [5, 5.41) is 6.24. The third-order valence-corrected chi connectivity index (χ3v) is 5.42. The first-order valence-electron chi connectivity index (χ1n) is 9.31. The number of aromatic nitrogens is 3. The Morgan fingerprint density at radius 1 is 1.18 bits per heavy atom. The van der Waals surface area contributed by atoms with Crippen LogP contribution in [0.5, 0.6) is 0 Å². The van der Waals surface area contributed by atoms with E-state index in [0.717, 1.165) is 35.2 Å². The number of fused-ring (bicyclic) bond motifs is 3. The van der Waals surface area contributed by atoms with Gasteiger partial charge in [-0.15, -0.1) is 0 Å². The van der Waals surface area contributed by atoms with Gasteiger partial charge >= 0.3 is 0 Å². The van der Waals surface area contributed by atoms with E-state index in [1.807, 2.05) is 31.2 Å². The zero-order valence-corrected chi connectivity index (χ0v) is 15.4. The van der Waals surface area contributed by atoms with Crippen molar-refractivity contribution in [2.45, 2.75) is 19.3 Å². The van der Waals surface area contributed by atoms with Crippen molar-refractivity contribution < 1.29 is 9.59 Å². The Bertz CT molecular complexity index is 1160. The lowest BCUT2D eigenvalue weighted by atomic mass is 9.93. The second-order valence-corrected chi connectivity index (χ2v) is 7.31. The van der Waals surface area contributed by atoms with Gasteiger partial charge in [0.1, 0.15) is 11.2 Å². The maximum Gasteiger partial charge on any atom is 0.253 e. The minimum absolute atomic E-state index is 0.0570. The van der Waals surface area contributed by atoms with Crippen LogP contribution >= 0.6 is 0 Å². The molecule has 28 heavy (non-hydrogen) atoms. The molecule has 0 radical (unpaired) electrons. The van der Waals surface area contributed by atoms with Crippen LogP contribution < -0.4 is 10.6 Å². The normalized spacial score (nSPS) is 18.4. The highest BCUT2D eigenvalue weighted by Gasteiger charge is 2.28. The summed E-state index contributed by atoms with van der Waals surface area (Å²) < 4.78 is 0. The topological polar surface area (TPSA) is 99.8 Å². The van der Waals surface area contributed by atoms with E-state index >= 15 is 0 Å². The van der Waals surface area contributed by atoms with Crippen LogP contribution in [-0.4, -0.2) is 40.2 Å². The van der Waals surface area contributed by atoms with Crippen LogP contribution in [0.15, 0.2) is 35.9 Å². The molecule has 0 fully saturated rings. The van der Waals surface area contributed by atoms with E-state index in [9.17, 15) is 9.59 Å². The number of rotatable bonds is 1. The molecule has 140 valence electrons. The summed E-state index contributed by atoms with van der Waals surface area (Å²) in [7, 11) is 0. The number of benzene rings is 1. The second kappa shape index (κ2) is 6.30. The van der Waals surface area contributed by atoms with E-state index in [1.54, 1.807) is 0 Å². The molecule has 7 heteroatoms. The van der Waals surface area contributed by atoms with Crippen molar-refractivity contribution in [1.29, 1.82) is 0 Å². The number of H-pyrrole nitrogens is 1. The highest BCUT2D eigenvalue weighted by Crippen LogP contribution is 2.34. The van der Waals surface area contributed by atoms with Crippen molar-refractivity contribution in [1.82, 2.24) is 20.3 Å². The number of carbonyl (C=O) groups is 2. The van der Waals surface area contributed by atoms with Gasteiger partial charge in [0, 0.05) is 36.0 Å². The molecule has 2 aliphatic heterocycles. The Morgan fingerprint density at radius 2 is 2.07 bits per heavy atom. The number of hydrogen-bond acceptors (Lipinski definition) is 5. The molecule has 1 atom stereocenters. The van der Waals surface area contributed by atoms with Crippen LogP contribution in [0.3, 0.4) is 0 Å². The first-order chi connectivity index (χ1) is 13.6. The molecule has 7 nitrogen and oxygen atoms in total. The van der Waals surface area contributed by atoms with Gasteiger partial charge in [-0.25, -0.2) is 9.97 Å². The Kier molecular flexibility index (Phi) is 3.75. The smallest absolute Gasteiger partial charge is 0.253 e. The maximum atomic E-state index is 12.4. The first-order valence-corrected chi connectivity index (χ1v) is 9.31. The van der Waals surface area contributed by atoms with Gasteiger partial charge in [-0.05, 0) is 25.5 Å². The number of nitrogens with zero attached hydrogens (tertiary/aromatic N) is 2. The minimum Gasteiger partial charge on any atom is -0.364 e. The van der Waals surface area contributed by atoms with Gasteiger partial charge in [0.25, 0.3) is 5.91 Å².